The first-order valence-electron chi connectivity index (χ1n) is 8.79. The number of amides is 2. The molecule has 1 aliphatic rings. The first-order chi connectivity index (χ1) is 13.1. The second-order valence-corrected chi connectivity index (χ2v) is 6.28. The van der Waals surface area contributed by atoms with E-state index in [1.165, 1.54) is 16.8 Å². The Labute approximate surface area is 156 Å². The van der Waals surface area contributed by atoms with E-state index in [2.05, 4.69) is 15.7 Å². The summed E-state index contributed by atoms with van der Waals surface area (Å²) < 4.78 is 25.7. The van der Waals surface area contributed by atoms with Gasteiger partial charge in [-0.1, -0.05) is 0 Å². The van der Waals surface area contributed by atoms with Crippen LogP contribution in [0.3, 0.4) is 0 Å². The highest BCUT2D eigenvalue weighted by Crippen LogP contribution is 2.24. The molecule has 1 aliphatic heterocycles. The first-order valence-corrected chi connectivity index (χ1v) is 8.79. The summed E-state index contributed by atoms with van der Waals surface area (Å²) in [6.45, 7) is 1.53. The van der Waals surface area contributed by atoms with Crippen molar-refractivity contribution in [3.05, 3.63) is 42.3 Å². The third-order valence-electron chi connectivity index (χ3n) is 4.43. The van der Waals surface area contributed by atoms with E-state index in [-0.39, 0.29) is 19.0 Å². The number of urea groups is 1. The number of rotatable bonds is 7. The Morgan fingerprint density at radius 2 is 2.04 bits per heavy atom. The van der Waals surface area contributed by atoms with Crippen molar-refractivity contribution in [3.63, 3.8) is 0 Å². The van der Waals surface area contributed by atoms with Gasteiger partial charge in [0, 0.05) is 38.7 Å². The van der Waals surface area contributed by atoms with Crippen LogP contribution in [0.1, 0.15) is 12.8 Å². The lowest BCUT2D eigenvalue weighted by molar-refractivity contribution is -0.113. The van der Waals surface area contributed by atoms with Crippen LogP contribution in [-0.2, 0) is 9.47 Å². The van der Waals surface area contributed by atoms with E-state index in [0.29, 0.717) is 44.1 Å². The standard InChI is InChI=1S/C18H23FN4O4/c19-14-1-3-15(4-2-14)23-16(5-8-21-23)22-17(25)20-13-18(27-12-9-24)6-10-26-11-7-18/h1-5,8,24H,6-7,9-13H2,(H2,20,22,25). The van der Waals surface area contributed by atoms with Crippen molar-refractivity contribution >= 4 is 11.8 Å². The Morgan fingerprint density at radius 1 is 1.30 bits per heavy atom. The predicted octanol–water partition coefficient (Wildman–Crippen LogP) is 1.69. The zero-order valence-corrected chi connectivity index (χ0v) is 14.9. The molecule has 0 unspecified atom stereocenters. The number of halogens is 1. The number of carbonyl (C=O) groups excluding carboxylic acids is 1. The number of anilines is 1. The van der Waals surface area contributed by atoms with Crippen LogP contribution in [0, 0.1) is 5.82 Å². The highest BCUT2D eigenvalue weighted by Gasteiger charge is 2.34. The van der Waals surface area contributed by atoms with Gasteiger partial charge in [-0.3, -0.25) is 5.32 Å². The van der Waals surface area contributed by atoms with Crippen molar-refractivity contribution in [3.8, 4) is 5.69 Å². The summed E-state index contributed by atoms with van der Waals surface area (Å²) in [5.74, 6) is 0.110. The second-order valence-electron chi connectivity index (χ2n) is 6.28. The summed E-state index contributed by atoms with van der Waals surface area (Å²) in [5.41, 5.74) is 0.0825. The maximum Gasteiger partial charge on any atom is 0.320 e. The summed E-state index contributed by atoms with van der Waals surface area (Å²) in [4.78, 5) is 12.3. The monoisotopic (exact) mass is 378 g/mol. The second kappa shape index (κ2) is 8.94. The average Bonchev–Trinajstić information content (AvgIpc) is 3.14. The molecule has 3 N–H and O–H groups in total. The lowest BCUT2D eigenvalue weighted by Gasteiger charge is -2.37. The molecule has 0 aliphatic carbocycles. The normalized spacial score (nSPS) is 16.1. The summed E-state index contributed by atoms with van der Waals surface area (Å²) in [6.07, 6.45) is 2.82. The SMILES string of the molecule is O=C(NCC1(OCCO)CCOCC1)Nc1ccnn1-c1ccc(F)cc1. The summed E-state index contributed by atoms with van der Waals surface area (Å²) in [5, 5.41) is 18.7. The van der Waals surface area contributed by atoms with Gasteiger partial charge < -0.3 is 19.9 Å². The van der Waals surface area contributed by atoms with Gasteiger partial charge in [0.15, 0.2) is 0 Å². The van der Waals surface area contributed by atoms with Gasteiger partial charge in [0.25, 0.3) is 0 Å². The maximum atomic E-state index is 13.1. The highest BCUT2D eigenvalue weighted by atomic mass is 19.1. The third-order valence-corrected chi connectivity index (χ3v) is 4.43. The molecular weight excluding hydrogens is 355 g/mol. The summed E-state index contributed by atoms with van der Waals surface area (Å²) in [6, 6.07) is 7.05. The smallest absolute Gasteiger partial charge is 0.320 e. The van der Waals surface area contributed by atoms with Gasteiger partial charge >= 0.3 is 6.03 Å². The molecule has 2 aromatic rings. The minimum absolute atomic E-state index is 0.0777. The Bertz CT molecular complexity index is 744. The van der Waals surface area contributed by atoms with Gasteiger partial charge in [0.2, 0.25) is 0 Å². The molecule has 0 atom stereocenters. The van der Waals surface area contributed by atoms with Crippen LogP contribution >= 0.6 is 0 Å². The zero-order valence-electron chi connectivity index (χ0n) is 14.9. The molecular formula is C18H23FN4O4. The molecule has 1 fully saturated rings. The van der Waals surface area contributed by atoms with Crippen LogP contribution in [0.4, 0.5) is 15.0 Å². The molecule has 9 heteroatoms. The Balaban J connectivity index is 1.61. The Morgan fingerprint density at radius 3 is 2.74 bits per heavy atom. The van der Waals surface area contributed by atoms with Crippen molar-refractivity contribution in [2.45, 2.75) is 18.4 Å². The largest absolute Gasteiger partial charge is 0.394 e. The van der Waals surface area contributed by atoms with Crippen LogP contribution in [0.5, 0.6) is 0 Å². The minimum atomic E-state index is -0.546. The summed E-state index contributed by atoms with van der Waals surface area (Å²) >= 11 is 0. The van der Waals surface area contributed by atoms with Crippen LogP contribution < -0.4 is 10.6 Å². The molecule has 146 valence electrons. The van der Waals surface area contributed by atoms with Crippen molar-refractivity contribution in [2.75, 3.05) is 38.3 Å². The fraction of sp³-hybridized carbons (Fsp3) is 0.444. The number of carbonyl (C=O) groups is 1. The zero-order chi connectivity index (χ0) is 19.1. The van der Waals surface area contributed by atoms with E-state index in [0.717, 1.165) is 0 Å². The number of nitrogens with zero attached hydrogens (tertiary/aromatic N) is 2. The maximum absolute atomic E-state index is 13.1. The quantitative estimate of drug-likeness (QED) is 0.681. The lowest BCUT2D eigenvalue weighted by atomic mass is 9.94. The molecule has 1 aromatic carbocycles. The van der Waals surface area contributed by atoms with E-state index in [9.17, 15) is 9.18 Å². The topological polar surface area (TPSA) is 97.6 Å². The number of aromatic nitrogens is 2. The molecule has 3 rings (SSSR count). The van der Waals surface area contributed by atoms with E-state index in [1.807, 2.05) is 0 Å². The van der Waals surface area contributed by atoms with E-state index in [4.69, 9.17) is 14.6 Å². The molecule has 0 bridgehead atoms. The van der Waals surface area contributed by atoms with Gasteiger partial charge in [-0.25, -0.2) is 13.9 Å². The van der Waals surface area contributed by atoms with Crippen LogP contribution in [0.15, 0.2) is 36.5 Å². The van der Waals surface area contributed by atoms with Crippen molar-refractivity contribution in [1.29, 1.82) is 0 Å². The Hall–Kier alpha value is -2.49. The average molecular weight is 378 g/mol. The molecule has 2 heterocycles. The minimum Gasteiger partial charge on any atom is -0.394 e. The van der Waals surface area contributed by atoms with Gasteiger partial charge in [-0.05, 0) is 24.3 Å². The van der Waals surface area contributed by atoms with Crippen molar-refractivity contribution in [2.24, 2.45) is 0 Å². The van der Waals surface area contributed by atoms with Crippen molar-refractivity contribution in [1.82, 2.24) is 15.1 Å². The first kappa shape index (κ1) is 19.3. The van der Waals surface area contributed by atoms with Gasteiger partial charge in [0.1, 0.15) is 11.6 Å². The van der Waals surface area contributed by atoms with Gasteiger partial charge in [0.05, 0.1) is 30.7 Å². The molecule has 0 radical (unpaired) electrons. The number of ether oxygens (including phenoxy) is 2. The Kier molecular flexibility index (Phi) is 6.38. The molecule has 0 saturated carbocycles. The fourth-order valence-electron chi connectivity index (χ4n) is 2.97. The molecule has 1 aromatic heterocycles. The fourth-order valence-corrected chi connectivity index (χ4v) is 2.97. The third kappa shape index (κ3) is 5.03. The number of hydrogen-bond donors (Lipinski definition) is 3. The highest BCUT2D eigenvalue weighted by molar-refractivity contribution is 5.88. The van der Waals surface area contributed by atoms with E-state index < -0.39 is 11.6 Å². The van der Waals surface area contributed by atoms with Gasteiger partial charge in [-0.15, -0.1) is 0 Å². The molecule has 1 saturated heterocycles. The lowest BCUT2D eigenvalue weighted by Crippen LogP contribution is -2.50. The van der Waals surface area contributed by atoms with Crippen molar-refractivity contribution < 1.29 is 23.8 Å². The number of nitrogens with one attached hydrogen (secondary N) is 2. The number of aliphatic hydroxyl groups excluding tert-OH is 1. The molecule has 0 spiro atoms. The van der Waals surface area contributed by atoms with E-state index >= 15 is 0 Å². The number of benzene rings is 1. The van der Waals surface area contributed by atoms with Gasteiger partial charge in [-0.2, -0.15) is 5.10 Å². The van der Waals surface area contributed by atoms with Crippen LogP contribution in [-0.4, -0.2) is 59.5 Å². The summed E-state index contributed by atoms with van der Waals surface area (Å²) in [7, 11) is 0. The molecule has 27 heavy (non-hydrogen) atoms. The number of hydrogen-bond acceptors (Lipinski definition) is 5. The van der Waals surface area contributed by atoms with Crippen LogP contribution in [0.2, 0.25) is 0 Å². The van der Waals surface area contributed by atoms with E-state index in [1.54, 1.807) is 24.4 Å². The molecule has 2 amide bonds. The van der Waals surface area contributed by atoms with Crippen LogP contribution in [0.25, 0.3) is 5.69 Å². The molecule has 8 nitrogen and oxygen atoms in total. The number of aliphatic hydroxyl groups is 1. The predicted molar refractivity (Wildman–Crippen MR) is 96.4 cm³/mol.